The molecule has 3 aromatic rings. The second-order valence-electron chi connectivity index (χ2n) is 4.06. The number of para-hydroxylation sites is 1. The van der Waals surface area contributed by atoms with E-state index in [-0.39, 0.29) is 5.76 Å². The molecule has 0 radical (unpaired) electrons. The van der Waals surface area contributed by atoms with Crippen LogP contribution in [0.2, 0.25) is 0 Å². The Morgan fingerprint density at radius 3 is 2.83 bits per heavy atom. The van der Waals surface area contributed by atoms with E-state index in [2.05, 4.69) is 10.1 Å². The molecule has 0 atom stereocenters. The van der Waals surface area contributed by atoms with Crippen LogP contribution < -0.4 is 0 Å². The number of nitrogens with zero attached hydrogens (tertiary/aromatic N) is 1. The highest BCUT2D eigenvalue weighted by Gasteiger charge is 2.20. The van der Waals surface area contributed by atoms with E-state index in [4.69, 9.17) is 9.63 Å². The maximum absolute atomic E-state index is 10.9. The fourth-order valence-corrected chi connectivity index (χ4v) is 1.99. The zero-order chi connectivity index (χ0) is 12.7. The van der Waals surface area contributed by atoms with Gasteiger partial charge in [-0.15, -0.1) is 0 Å². The number of H-pyrrole nitrogens is 1. The highest BCUT2D eigenvalue weighted by atomic mass is 16.5. The summed E-state index contributed by atoms with van der Waals surface area (Å²) in [5, 5.41) is 13.8. The number of hydrogen-bond acceptors (Lipinski definition) is 3. The molecule has 0 amide bonds. The zero-order valence-electron chi connectivity index (χ0n) is 9.60. The average molecular weight is 242 g/mol. The number of aromatic nitrogens is 2. The van der Waals surface area contributed by atoms with Gasteiger partial charge in [0.2, 0.25) is 5.76 Å². The molecule has 2 N–H and O–H groups in total. The molecular weight excluding hydrogens is 232 g/mol. The Labute approximate surface area is 102 Å². The van der Waals surface area contributed by atoms with Crippen LogP contribution >= 0.6 is 0 Å². The Morgan fingerprint density at radius 2 is 2.17 bits per heavy atom. The van der Waals surface area contributed by atoms with Gasteiger partial charge in [-0.2, -0.15) is 0 Å². The van der Waals surface area contributed by atoms with Gasteiger partial charge in [0, 0.05) is 16.5 Å². The summed E-state index contributed by atoms with van der Waals surface area (Å²) in [6.45, 7) is 1.68. The molecule has 5 nitrogen and oxygen atoms in total. The molecule has 0 saturated carbocycles. The van der Waals surface area contributed by atoms with Crippen LogP contribution in [-0.2, 0) is 0 Å². The summed E-state index contributed by atoms with van der Waals surface area (Å²) in [5.74, 6) is -1.23. The van der Waals surface area contributed by atoms with Gasteiger partial charge in [-0.05, 0) is 19.1 Å². The molecule has 0 spiro atoms. The van der Waals surface area contributed by atoms with E-state index < -0.39 is 5.97 Å². The molecule has 0 aliphatic heterocycles. The third-order valence-electron chi connectivity index (χ3n) is 2.90. The molecule has 0 unspecified atom stereocenters. The number of fused-ring (bicyclic) bond motifs is 1. The Bertz CT molecular complexity index is 707. The normalized spacial score (nSPS) is 10.9. The van der Waals surface area contributed by atoms with Crippen molar-refractivity contribution in [3.05, 3.63) is 41.7 Å². The quantitative estimate of drug-likeness (QED) is 0.724. The van der Waals surface area contributed by atoms with Crippen LogP contribution in [0.3, 0.4) is 0 Å². The van der Waals surface area contributed by atoms with E-state index in [0.717, 1.165) is 16.6 Å². The van der Waals surface area contributed by atoms with Crippen molar-refractivity contribution in [1.29, 1.82) is 0 Å². The summed E-state index contributed by atoms with van der Waals surface area (Å²) < 4.78 is 4.84. The second-order valence-corrected chi connectivity index (χ2v) is 4.06. The van der Waals surface area contributed by atoms with Gasteiger partial charge >= 0.3 is 5.97 Å². The van der Waals surface area contributed by atoms with Gasteiger partial charge in [0.15, 0.2) is 0 Å². The highest BCUT2D eigenvalue weighted by molar-refractivity contribution is 5.90. The molecule has 0 aliphatic rings. The van der Waals surface area contributed by atoms with Crippen LogP contribution in [0.5, 0.6) is 0 Å². The van der Waals surface area contributed by atoms with Gasteiger partial charge in [-0.1, -0.05) is 23.4 Å². The number of hydrogen-bond donors (Lipinski definition) is 2. The molecule has 0 fully saturated rings. The lowest BCUT2D eigenvalue weighted by Gasteiger charge is -1.91. The summed E-state index contributed by atoms with van der Waals surface area (Å²) >= 11 is 0. The molecule has 0 bridgehead atoms. The number of rotatable bonds is 2. The average Bonchev–Trinajstić information content (AvgIpc) is 2.91. The second kappa shape index (κ2) is 3.73. The summed E-state index contributed by atoms with van der Waals surface area (Å²) in [6, 6.07) is 9.72. The number of nitrogens with one attached hydrogen (secondary N) is 1. The summed E-state index contributed by atoms with van der Waals surface area (Å²) in [7, 11) is 0. The number of carboxylic acids is 1. The van der Waals surface area contributed by atoms with Crippen LogP contribution in [-0.4, -0.2) is 21.2 Å². The highest BCUT2D eigenvalue weighted by Crippen LogP contribution is 2.27. The van der Waals surface area contributed by atoms with Crippen molar-refractivity contribution in [2.24, 2.45) is 0 Å². The number of aromatic carboxylic acids is 1. The first-order valence-electron chi connectivity index (χ1n) is 5.44. The third kappa shape index (κ3) is 1.48. The van der Waals surface area contributed by atoms with Crippen molar-refractivity contribution in [1.82, 2.24) is 10.1 Å². The van der Waals surface area contributed by atoms with E-state index in [1.165, 1.54) is 0 Å². The maximum Gasteiger partial charge on any atom is 0.375 e. The van der Waals surface area contributed by atoms with E-state index in [9.17, 15) is 4.79 Å². The van der Waals surface area contributed by atoms with Gasteiger partial charge in [-0.3, -0.25) is 0 Å². The zero-order valence-corrected chi connectivity index (χ0v) is 9.60. The molecular formula is C13H10N2O3. The minimum absolute atomic E-state index is 0.122. The SMILES string of the molecule is Cc1c(-c2cc3ccccc3[nH]2)noc1C(=O)O. The van der Waals surface area contributed by atoms with Crippen molar-refractivity contribution >= 4 is 16.9 Å². The van der Waals surface area contributed by atoms with Crippen LogP contribution in [0.15, 0.2) is 34.9 Å². The van der Waals surface area contributed by atoms with Crippen molar-refractivity contribution in [2.75, 3.05) is 0 Å². The molecule has 5 heteroatoms. The lowest BCUT2D eigenvalue weighted by molar-refractivity contribution is 0.0651. The number of carboxylic acid groups (broad SMARTS) is 1. The summed E-state index contributed by atoms with van der Waals surface area (Å²) in [6.07, 6.45) is 0. The molecule has 1 aromatic carbocycles. The summed E-state index contributed by atoms with van der Waals surface area (Å²) in [5.41, 5.74) is 2.79. The predicted octanol–water partition coefficient (Wildman–Crippen LogP) is 2.83. The van der Waals surface area contributed by atoms with Crippen molar-refractivity contribution < 1.29 is 14.4 Å². The molecule has 2 aromatic heterocycles. The molecule has 3 rings (SSSR count). The fraction of sp³-hybridized carbons (Fsp3) is 0.0769. The van der Waals surface area contributed by atoms with Crippen LogP contribution in [0.25, 0.3) is 22.3 Å². The van der Waals surface area contributed by atoms with Crippen molar-refractivity contribution in [2.45, 2.75) is 6.92 Å². The Hall–Kier alpha value is -2.56. The monoisotopic (exact) mass is 242 g/mol. The van der Waals surface area contributed by atoms with Gasteiger partial charge in [-0.25, -0.2) is 4.79 Å². The van der Waals surface area contributed by atoms with Crippen LogP contribution in [0.4, 0.5) is 0 Å². The van der Waals surface area contributed by atoms with E-state index in [1.54, 1.807) is 6.92 Å². The molecule has 2 heterocycles. The largest absolute Gasteiger partial charge is 0.475 e. The van der Waals surface area contributed by atoms with Gasteiger partial charge in [0.05, 0.1) is 5.69 Å². The Balaban J connectivity index is 2.17. The van der Waals surface area contributed by atoms with E-state index in [1.807, 2.05) is 30.3 Å². The molecule has 0 saturated heterocycles. The smallest absolute Gasteiger partial charge is 0.375 e. The number of benzene rings is 1. The van der Waals surface area contributed by atoms with Crippen molar-refractivity contribution in [3.8, 4) is 11.4 Å². The minimum atomic E-state index is -1.11. The van der Waals surface area contributed by atoms with Gasteiger partial charge in [0.1, 0.15) is 5.69 Å². The topological polar surface area (TPSA) is 79.1 Å². The van der Waals surface area contributed by atoms with Crippen LogP contribution in [0, 0.1) is 6.92 Å². The van der Waals surface area contributed by atoms with E-state index >= 15 is 0 Å². The first-order valence-corrected chi connectivity index (χ1v) is 5.44. The number of carbonyl (C=O) groups is 1. The lowest BCUT2D eigenvalue weighted by Crippen LogP contribution is -1.95. The first-order chi connectivity index (χ1) is 8.66. The maximum atomic E-state index is 10.9. The number of aromatic amines is 1. The standard InChI is InChI=1S/C13H10N2O3/c1-7-11(15-18-12(7)13(16)17)10-6-8-4-2-3-5-9(8)14-10/h2-6,14H,1H3,(H,16,17). The predicted molar refractivity (Wildman–Crippen MR) is 65.5 cm³/mol. The van der Waals surface area contributed by atoms with Gasteiger partial charge < -0.3 is 14.6 Å². The third-order valence-corrected chi connectivity index (χ3v) is 2.90. The molecule has 18 heavy (non-hydrogen) atoms. The van der Waals surface area contributed by atoms with Crippen LogP contribution in [0.1, 0.15) is 16.1 Å². The molecule has 0 aliphatic carbocycles. The fourth-order valence-electron chi connectivity index (χ4n) is 1.99. The Morgan fingerprint density at radius 1 is 1.39 bits per heavy atom. The lowest BCUT2D eigenvalue weighted by atomic mass is 10.1. The Kier molecular flexibility index (Phi) is 2.19. The van der Waals surface area contributed by atoms with Crippen molar-refractivity contribution in [3.63, 3.8) is 0 Å². The summed E-state index contributed by atoms with van der Waals surface area (Å²) in [4.78, 5) is 14.1. The van der Waals surface area contributed by atoms with E-state index in [0.29, 0.717) is 11.3 Å². The molecule has 90 valence electrons. The van der Waals surface area contributed by atoms with Gasteiger partial charge in [0.25, 0.3) is 0 Å². The minimum Gasteiger partial charge on any atom is -0.475 e. The first kappa shape index (κ1) is 10.6.